The maximum absolute atomic E-state index is 12.2. The van der Waals surface area contributed by atoms with Gasteiger partial charge in [0.25, 0.3) is 6.43 Å². The Hall–Kier alpha value is -0.280. The van der Waals surface area contributed by atoms with E-state index in [1.165, 1.54) is 0 Å². The molecule has 2 atom stereocenters. The molecule has 0 spiro atoms. The molecule has 2 unspecified atom stereocenters. The van der Waals surface area contributed by atoms with E-state index < -0.39 is 18.3 Å². The topological polar surface area (TPSA) is 0 Å². The average Bonchev–Trinajstić information content (AvgIpc) is 1.65. The Morgan fingerprint density at radius 2 is 1.56 bits per heavy atom. The average molecular weight is 144 g/mol. The molecule has 0 aromatic carbocycles. The smallest absolute Gasteiger partial charge is 0.244 e. The monoisotopic (exact) mass is 144 g/mol. The Morgan fingerprint density at radius 1 is 1.22 bits per heavy atom. The molecule has 0 saturated carbocycles. The molecular weight excluding hydrogens is 136 g/mol. The van der Waals surface area contributed by atoms with Gasteiger partial charge in [-0.15, -0.1) is 0 Å². The standard InChI is InChI=1S/C5H8F4/c1-3(6)5(2,9)4(7)8/h3-4H,1-2H3. The molecule has 4 heteroatoms. The maximum atomic E-state index is 12.2. The third kappa shape index (κ3) is 1.84. The molecule has 0 fully saturated rings. The van der Waals surface area contributed by atoms with Gasteiger partial charge in [-0.3, -0.25) is 0 Å². The Kier molecular flexibility index (Phi) is 2.46. The van der Waals surface area contributed by atoms with Crippen molar-refractivity contribution in [1.82, 2.24) is 0 Å². The highest BCUT2D eigenvalue weighted by Gasteiger charge is 2.41. The van der Waals surface area contributed by atoms with Crippen molar-refractivity contribution in [3.63, 3.8) is 0 Å². The summed E-state index contributed by atoms with van der Waals surface area (Å²) in [4.78, 5) is 0. The first-order chi connectivity index (χ1) is 3.89. The third-order valence-electron chi connectivity index (χ3n) is 1.20. The van der Waals surface area contributed by atoms with Crippen LogP contribution in [-0.2, 0) is 0 Å². The summed E-state index contributed by atoms with van der Waals surface area (Å²) in [6.07, 6.45) is -5.38. The quantitative estimate of drug-likeness (QED) is 0.522. The van der Waals surface area contributed by atoms with Gasteiger partial charge in [0.1, 0.15) is 6.17 Å². The summed E-state index contributed by atoms with van der Waals surface area (Å²) in [7, 11) is 0. The van der Waals surface area contributed by atoms with Gasteiger partial charge in [-0.2, -0.15) is 0 Å². The summed E-state index contributed by atoms with van der Waals surface area (Å²) in [6.45, 7) is 1.31. The highest BCUT2D eigenvalue weighted by Crippen LogP contribution is 2.25. The number of halogens is 4. The van der Waals surface area contributed by atoms with Crippen molar-refractivity contribution in [2.45, 2.75) is 32.1 Å². The van der Waals surface area contributed by atoms with E-state index in [9.17, 15) is 17.6 Å². The molecular formula is C5H8F4. The van der Waals surface area contributed by atoms with E-state index in [0.717, 1.165) is 6.92 Å². The van der Waals surface area contributed by atoms with E-state index in [2.05, 4.69) is 0 Å². The lowest BCUT2D eigenvalue weighted by Crippen LogP contribution is -2.37. The fraction of sp³-hybridized carbons (Fsp3) is 1.00. The summed E-state index contributed by atoms with van der Waals surface area (Å²) in [5.74, 6) is 0. The van der Waals surface area contributed by atoms with Crippen molar-refractivity contribution in [3.05, 3.63) is 0 Å². The highest BCUT2D eigenvalue weighted by atomic mass is 19.3. The minimum absolute atomic E-state index is 0.544. The molecule has 0 nitrogen and oxygen atoms in total. The van der Waals surface area contributed by atoms with Gasteiger partial charge >= 0.3 is 0 Å². The van der Waals surface area contributed by atoms with Crippen LogP contribution in [0, 0.1) is 0 Å². The predicted molar refractivity (Wildman–Crippen MR) is 26.1 cm³/mol. The van der Waals surface area contributed by atoms with Crippen molar-refractivity contribution in [1.29, 1.82) is 0 Å². The molecule has 56 valence electrons. The van der Waals surface area contributed by atoms with Crippen molar-refractivity contribution >= 4 is 0 Å². The molecule has 0 N–H and O–H groups in total. The van der Waals surface area contributed by atoms with Crippen LogP contribution < -0.4 is 0 Å². The van der Waals surface area contributed by atoms with Gasteiger partial charge in [-0.05, 0) is 13.8 Å². The van der Waals surface area contributed by atoms with Gasteiger partial charge in [0.2, 0.25) is 0 Å². The van der Waals surface area contributed by atoms with E-state index in [-0.39, 0.29) is 0 Å². The van der Waals surface area contributed by atoms with Crippen LogP contribution in [0.3, 0.4) is 0 Å². The summed E-state index contributed by atoms with van der Waals surface area (Å²) < 4.78 is 47.0. The first kappa shape index (κ1) is 8.72. The van der Waals surface area contributed by atoms with Crippen molar-refractivity contribution in [2.24, 2.45) is 0 Å². The molecule has 0 saturated heterocycles. The molecule has 9 heavy (non-hydrogen) atoms. The lowest BCUT2D eigenvalue weighted by atomic mass is 10.1. The zero-order valence-electron chi connectivity index (χ0n) is 5.17. The van der Waals surface area contributed by atoms with Crippen LogP contribution in [-0.4, -0.2) is 18.3 Å². The van der Waals surface area contributed by atoms with Crippen molar-refractivity contribution in [3.8, 4) is 0 Å². The lowest BCUT2D eigenvalue weighted by Gasteiger charge is -2.19. The fourth-order valence-corrected chi connectivity index (χ4v) is 0.174. The second-order valence-corrected chi connectivity index (χ2v) is 2.07. The van der Waals surface area contributed by atoms with Crippen molar-refractivity contribution < 1.29 is 17.6 Å². The van der Waals surface area contributed by atoms with Gasteiger partial charge in [0.15, 0.2) is 5.67 Å². The number of hydrogen-bond acceptors (Lipinski definition) is 0. The fourth-order valence-electron chi connectivity index (χ4n) is 0.174. The second kappa shape index (κ2) is 2.54. The molecule has 0 aliphatic carbocycles. The van der Waals surface area contributed by atoms with Crippen LogP contribution in [0.15, 0.2) is 0 Å². The van der Waals surface area contributed by atoms with Crippen LogP contribution in [0.5, 0.6) is 0 Å². The van der Waals surface area contributed by atoms with E-state index in [1.54, 1.807) is 0 Å². The van der Waals surface area contributed by atoms with E-state index >= 15 is 0 Å². The minimum atomic E-state index is -3.25. The summed E-state index contributed by atoms with van der Waals surface area (Å²) in [5.41, 5.74) is -3.00. The molecule has 0 rings (SSSR count). The van der Waals surface area contributed by atoms with E-state index in [4.69, 9.17) is 0 Å². The predicted octanol–water partition coefficient (Wildman–Crippen LogP) is 2.34. The van der Waals surface area contributed by atoms with Crippen LogP contribution >= 0.6 is 0 Å². The first-order valence-electron chi connectivity index (χ1n) is 2.50. The van der Waals surface area contributed by atoms with Gasteiger partial charge < -0.3 is 0 Å². The molecule has 0 aromatic rings. The minimum Gasteiger partial charge on any atom is -0.244 e. The molecule has 0 radical (unpaired) electrons. The molecule has 0 aromatic heterocycles. The van der Waals surface area contributed by atoms with Crippen molar-refractivity contribution in [2.75, 3.05) is 0 Å². The van der Waals surface area contributed by atoms with Crippen LogP contribution in [0.1, 0.15) is 13.8 Å². The largest absolute Gasteiger partial charge is 0.274 e. The van der Waals surface area contributed by atoms with Gasteiger partial charge in [0, 0.05) is 0 Å². The molecule has 0 amide bonds. The highest BCUT2D eigenvalue weighted by molar-refractivity contribution is 4.81. The molecule has 0 bridgehead atoms. The van der Waals surface area contributed by atoms with Gasteiger partial charge in [-0.1, -0.05) is 0 Å². The molecule has 0 aliphatic heterocycles. The van der Waals surface area contributed by atoms with Gasteiger partial charge in [0.05, 0.1) is 0 Å². The number of alkyl halides is 4. The summed E-state index contributed by atoms with van der Waals surface area (Å²) in [6, 6.07) is 0. The number of hydrogen-bond donors (Lipinski definition) is 0. The van der Waals surface area contributed by atoms with Crippen LogP contribution in [0.4, 0.5) is 17.6 Å². The maximum Gasteiger partial charge on any atom is 0.274 e. The van der Waals surface area contributed by atoms with E-state index in [1.807, 2.05) is 0 Å². The third-order valence-corrected chi connectivity index (χ3v) is 1.20. The molecule has 0 heterocycles. The second-order valence-electron chi connectivity index (χ2n) is 2.07. The zero-order valence-corrected chi connectivity index (χ0v) is 5.17. The summed E-state index contributed by atoms with van der Waals surface area (Å²) >= 11 is 0. The van der Waals surface area contributed by atoms with Crippen LogP contribution in [0.2, 0.25) is 0 Å². The van der Waals surface area contributed by atoms with Gasteiger partial charge in [-0.25, -0.2) is 17.6 Å². The Labute approximate surface area is 50.9 Å². The number of rotatable bonds is 2. The van der Waals surface area contributed by atoms with E-state index in [0.29, 0.717) is 6.92 Å². The van der Waals surface area contributed by atoms with Crippen LogP contribution in [0.25, 0.3) is 0 Å². The SMILES string of the molecule is CC(F)C(C)(F)C(F)F. The normalized spacial score (nSPS) is 21.7. The molecule has 0 aliphatic rings. The summed E-state index contributed by atoms with van der Waals surface area (Å²) in [5, 5.41) is 0. The zero-order chi connectivity index (χ0) is 7.65. The lowest BCUT2D eigenvalue weighted by molar-refractivity contribution is -0.0652. The Balaban J connectivity index is 4.01. The first-order valence-corrected chi connectivity index (χ1v) is 2.50. The Morgan fingerprint density at radius 3 is 1.56 bits per heavy atom. The Bertz CT molecular complexity index is 77.0.